The molecular weight excluding hydrogens is 829 g/mol. The molecule has 6 nitrogen and oxygen atoms in total. The predicted octanol–water partition coefficient (Wildman–Crippen LogP) is 19.9. The number of unbranched alkanes of at least 4 members (excludes halogenated alkanes) is 37. The van der Waals surface area contributed by atoms with Crippen LogP contribution in [-0.4, -0.2) is 37.2 Å². The maximum absolute atomic E-state index is 12.9. The zero-order valence-corrected chi connectivity index (χ0v) is 46.2. The molecule has 398 valence electrons. The third-order valence-electron chi connectivity index (χ3n) is 13.9. The molecule has 0 unspecified atom stereocenters. The highest BCUT2D eigenvalue weighted by Crippen LogP contribution is 2.19. The zero-order chi connectivity index (χ0) is 49.1. The molecule has 0 aliphatic heterocycles. The standard InChI is InChI=1S/C61H118O6/c1-55(2)47-41-35-29-23-19-15-11-7-9-13-17-21-25-32-38-44-50-59(62)65-53-58(54-66-60(63)51-45-39-33-28-27-31-37-43-49-57(5)6)67-61(64)52-46-40-34-26-22-18-14-10-8-12-16-20-24-30-36-42-48-56(3)4/h55-58H,7-54H2,1-6H3/t58-/m1/s1. The van der Waals surface area contributed by atoms with Crippen LogP contribution < -0.4 is 0 Å². The number of hydrogen-bond acceptors (Lipinski definition) is 6. The van der Waals surface area contributed by atoms with Gasteiger partial charge in [0.1, 0.15) is 13.2 Å². The van der Waals surface area contributed by atoms with Crippen LogP contribution in [0.2, 0.25) is 0 Å². The second-order valence-corrected chi connectivity index (χ2v) is 22.4. The molecule has 0 aromatic heterocycles. The highest BCUT2D eigenvalue weighted by atomic mass is 16.6. The van der Waals surface area contributed by atoms with Gasteiger partial charge in [-0.25, -0.2) is 0 Å². The van der Waals surface area contributed by atoms with Crippen molar-refractivity contribution in [1.29, 1.82) is 0 Å². The molecule has 0 amide bonds. The van der Waals surface area contributed by atoms with E-state index < -0.39 is 6.10 Å². The van der Waals surface area contributed by atoms with E-state index in [4.69, 9.17) is 14.2 Å². The Hall–Kier alpha value is -1.59. The second-order valence-electron chi connectivity index (χ2n) is 22.4. The van der Waals surface area contributed by atoms with Gasteiger partial charge in [0.05, 0.1) is 0 Å². The summed E-state index contributed by atoms with van der Waals surface area (Å²) in [5.74, 6) is 1.66. The van der Waals surface area contributed by atoms with Crippen LogP contribution in [0.3, 0.4) is 0 Å². The Bertz CT molecular complexity index is 1040. The number of ether oxygens (including phenoxy) is 3. The van der Waals surface area contributed by atoms with E-state index in [1.807, 2.05) is 0 Å². The zero-order valence-electron chi connectivity index (χ0n) is 46.2. The van der Waals surface area contributed by atoms with Crippen molar-refractivity contribution >= 4 is 17.9 Å². The van der Waals surface area contributed by atoms with E-state index in [9.17, 15) is 14.4 Å². The first-order valence-corrected chi connectivity index (χ1v) is 30.1. The fourth-order valence-electron chi connectivity index (χ4n) is 9.35. The Kier molecular flexibility index (Phi) is 51.0. The van der Waals surface area contributed by atoms with E-state index in [2.05, 4.69) is 41.5 Å². The molecule has 0 saturated carbocycles. The van der Waals surface area contributed by atoms with E-state index in [1.165, 1.54) is 218 Å². The normalized spacial score (nSPS) is 12.1. The number of carbonyl (C=O) groups is 3. The quantitative estimate of drug-likeness (QED) is 0.0343. The van der Waals surface area contributed by atoms with Crippen LogP contribution in [0.5, 0.6) is 0 Å². The summed E-state index contributed by atoms with van der Waals surface area (Å²) in [5.41, 5.74) is 0. The average molecular weight is 948 g/mol. The highest BCUT2D eigenvalue weighted by Gasteiger charge is 2.19. The van der Waals surface area contributed by atoms with E-state index in [1.54, 1.807) is 0 Å². The number of carbonyl (C=O) groups excluding carboxylic acids is 3. The fraction of sp³-hybridized carbons (Fsp3) is 0.951. The molecule has 0 heterocycles. The monoisotopic (exact) mass is 947 g/mol. The van der Waals surface area contributed by atoms with E-state index in [0.29, 0.717) is 19.3 Å². The van der Waals surface area contributed by atoms with Gasteiger partial charge in [-0.2, -0.15) is 0 Å². The number of hydrogen-bond donors (Lipinski definition) is 0. The topological polar surface area (TPSA) is 78.9 Å². The first kappa shape index (κ1) is 65.4. The van der Waals surface area contributed by atoms with Crippen molar-refractivity contribution in [2.24, 2.45) is 17.8 Å². The molecule has 0 aromatic carbocycles. The van der Waals surface area contributed by atoms with Gasteiger partial charge in [0, 0.05) is 19.3 Å². The Morgan fingerprint density at radius 3 is 0.642 bits per heavy atom. The molecule has 6 heteroatoms. The molecule has 0 saturated heterocycles. The molecule has 0 spiro atoms. The van der Waals surface area contributed by atoms with Crippen LogP contribution in [-0.2, 0) is 28.6 Å². The summed E-state index contributed by atoms with van der Waals surface area (Å²) in [4.78, 5) is 38.2. The molecule has 0 N–H and O–H groups in total. The molecule has 0 bridgehead atoms. The Morgan fingerprint density at radius 1 is 0.254 bits per heavy atom. The number of rotatable bonds is 54. The molecule has 0 aliphatic rings. The molecule has 0 rings (SSSR count). The van der Waals surface area contributed by atoms with Gasteiger partial charge >= 0.3 is 17.9 Å². The molecule has 0 aliphatic carbocycles. The van der Waals surface area contributed by atoms with Crippen molar-refractivity contribution in [2.45, 2.75) is 343 Å². The van der Waals surface area contributed by atoms with Crippen LogP contribution >= 0.6 is 0 Å². The predicted molar refractivity (Wildman–Crippen MR) is 289 cm³/mol. The maximum atomic E-state index is 12.9. The first-order valence-electron chi connectivity index (χ1n) is 30.1. The van der Waals surface area contributed by atoms with Crippen LogP contribution in [0.4, 0.5) is 0 Å². The van der Waals surface area contributed by atoms with Crippen LogP contribution in [0.15, 0.2) is 0 Å². The van der Waals surface area contributed by atoms with Gasteiger partial charge in [-0.05, 0) is 37.0 Å². The van der Waals surface area contributed by atoms with E-state index >= 15 is 0 Å². The molecule has 0 radical (unpaired) electrons. The van der Waals surface area contributed by atoms with Crippen molar-refractivity contribution in [3.63, 3.8) is 0 Å². The molecular formula is C61H118O6. The summed E-state index contributed by atoms with van der Waals surface area (Å²) in [7, 11) is 0. The lowest BCUT2D eigenvalue weighted by atomic mass is 10.0. The lowest BCUT2D eigenvalue weighted by Crippen LogP contribution is -2.30. The second kappa shape index (κ2) is 52.2. The van der Waals surface area contributed by atoms with Gasteiger partial charge in [0.25, 0.3) is 0 Å². The van der Waals surface area contributed by atoms with Gasteiger partial charge in [0.2, 0.25) is 0 Å². The Morgan fingerprint density at radius 2 is 0.433 bits per heavy atom. The van der Waals surface area contributed by atoms with E-state index in [0.717, 1.165) is 75.5 Å². The average Bonchev–Trinajstić information content (AvgIpc) is 3.29. The van der Waals surface area contributed by atoms with Crippen LogP contribution in [0.1, 0.15) is 337 Å². The smallest absolute Gasteiger partial charge is 0.306 e. The van der Waals surface area contributed by atoms with E-state index in [-0.39, 0.29) is 31.1 Å². The third kappa shape index (κ3) is 55.2. The van der Waals surface area contributed by atoms with Crippen molar-refractivity contribution in [3.05, 3.63) is 0 Å². The van der Waals surface area contributed by atoms with Gasteiger partial charge in [-0.3, -0.25) is 14.4 Å². The summed E-state index contributed by atoms with van der Waals surface area (Å²) in [6.07, 6.45) is 55.4. The van der Waals surface area contributed by atoms with Crippen molar-refractivity contribution < 1.29 is 28.6 Å². The van der Waals surface area contributed by atoms with Crippen LogP contribution in [0, 0.1) is 17.8 Å². The van der Waals surface area contributed by atoms with Crippen molar-refractivity contribution in [2.75, 3.05) is 13.2 Å². The maximum Gasteiger partial charge on any atom is 0.306 e. The summed E-state index contributed by atoms with van der Waals surface area (Å²) >= 11 is 0. The van der Waals surface area contributed by atoms with Gasteiger partial charge in [-0.1, -0.05) is 298 Å². The lowest BCUT2D eigenvalue weighted by Gasteiger charge is -2.18. The number of esters is 3. The van der Waals surface area contributed by atoms with Crippen molar-refractivity contribution in [3.8, 4) is 0 Å². The van der Waals surface area contributed by atoms with Crippen molar-refractivity contribution in [1.82, 2.24) is 0 Å². The minimum Gasteiger partial charge on any atom is -0.462 e. The van der Waals surface area contributed by atoms with Gasteiger partial charge in [-0.15, -0.1) is 0 Å². The first-order chi connectivity index (χ1) is 32.6. The Labute approximate surface area is 418 Å². The summed E-state index contributed by atoms with van der Waals surface area (Å²) < 4.78 is 16.9. The lowest BCUT2D eigenvalue weighted by molar-refractivity contribution is -0.167. The van der Waals surface area contributed by atoms with Gasteiger partial charge < -0.3 is 14.2 Å². The third-order valence-corrected chi connectivity index (χ3v) is 13.9. The highest BCUT2D eigenvalue weighted by molar-refractivity contribution is 5.71. The van der Waals surface area contributed by atoms with Crippen LogP contribution in [0.25, 0.3) is 0 Å². The SMILES string of the molecule is CC(C)CCCCCCCCCCCCCCCCCCC(=O)OC[C@H](COC(=O)CCCCCCCCCCC(C)C)OC(=O)CCCCCCCCCCCCCCCCCCC(C)C. The largest absolute Gasteiger partial charge is 0.462 e. The fourth-order valence-corrected chi connectivity index (χ4v) is 9.35. The summed E-state index contributed by atoms with van der Waals surface area (Å²) in [6, 6.07) is 0. The molecule has 0 fully saturated rings. The summed E-state index contributed by atoms with van der Waals surface area (Å²) in [5, 5.41) is 0. The summed E-state index contributed by atoms with van der Waals surface area (Å²) in [6.45, 7) is 13.8. The minimum absolute atomic E-state index is 0.0635. The molecule has 0 aromatic rings. The Balaban J connectivity index is 4.24. The molecule has 67 heavy (non-hydrogen) atoms. The van der Waals surface area contributed by atoms with Gasteiger partial charge in [0.15, 0.2) is 6.10 Å². The molecule has 1 atom stereocenters. The minimum atomic E-state index is -0.764.